The molecule has 0 aliphatic heterocycles. The zero-order chi connectivity index (χ0) is 21.9. The van der Waals surface area contributed by atoms with Crippen LogP contribution >= 0.6 is 0 Å². The van der Waals surface area contributed by atoms with Crippen LogP contribution in [0, 0.1) is 0 Å². The first-order chi connectivity index (χ1) is 14.6. The number of rotatable bonds is 19. The van der Waals surface area contributed by atoms with Gasteiger partial charge in [0.15, 0.2) is 0 Å². The van der Waals surface area contributed by atoms with Gasteiger partial charge >= 0.3 is 11.9 Å². The van der Waals surface area contributed by atoms with Crippen molar-refractivity contribution in [3.8, 4) is 0 Å². The maximum atomic E-state index is 11.8. The molecule has 4 heteroatoms. The van der Waals surface area contributed by atoms with Gasteiger partial charge in [-0.05, 0) is 30.9 Å². The van der Waals surface area contributed by atoms with Crippen LogP contribution in [0.3, 0.4) is 0 Å². The minimum atomic E-state index is -0.670. The normalized spacial score (nSPS) is 10.8. The van der Waals surface area contributed by atoms with Crippen molar-refractivity contribution in [3.05, 3.63) is 35.4 Å². The van der Waals surface area contributed by atoms with E-state index in [2.05, 4.69) is 0 Å². The van der Waals surface area contributed by atoms with Crippen molar-refractivity contribution in [1.82, 2.24) is 0 Å². The van der Waals surface area contributed by atoms with Crippen molar-refractivity contribution in [1.29, 1.82) is 0 Å². The summed E-state index contributed by atoms with van der Waals surface area (Å²) in [7, 11) is 1.44. The van der Waals surface area contributed by atoms with Crippen LogP contribution in [0.15, 0.2) is 24.3 Å². The second-order valence-electron chi connectivity index (χ2n) is 8.35. The molecule has 0 heterocycles. The van der Waals surface area contributed by atoms with Crippen LogP contribution in [-0.4, -0.2) is 24.2 Å². The van der Waals surface area contributed by atoms with Crippen molar-refractivity contribution >= 4 is 11.9 Å². The number of ether oxygens (including phenoxy) is 1. The first-order valence-corrected chi connectivity index (χ1v) is 12.0. The molecule has 0 aliphatic rings. The first-order valence-electron chi connectivity index (χ1n) is 12.0. The third kappa shape index (κ3) is 13.4. The summed E-state index contributed by atoms with van der Waals surface area (Å²) >= 11 is 0. The number of methoxy groups -OCH3 is 1. The van der Waals surface area contributed by atoms with Crippen LogP contribution in [0.2, 0.25) is 0 Å². The molecule has 4 nitrogen and oxygen atoms in total. The largest absolute Gasteiger partial charge is 0.481 e. The maximum Gasteiger partial charge on any atom is 0.338 e. The van der Waals surface area contributed by atoms with E-state index in [0.29, 0.717) is 12.0 Å². The van der Waals surface area contributed by atoms with Crippen LogP contribution in [0.1, 0.15) is 119 Å². The molecule has 0 atom stereocenters. The smallest absolute Gasteiger partial charge is 0.338 e. The third-order valence-electron chi connectivity index (χ3n) is 5.76. The van der Waals surface area contributed by atoms with Crippen molar-refractivity contribution in [2.24, 2.45) is 0 Å². The van der Waals surface area contributed by atoms with Gasteiger partial charge in [-0.2, -0.15) is 0 Å². The molecule has 0 bridgehead atoms. The molecule has 0 fully saturated rings. The minimum Gasteiger partial charge on any atom is -0.481 e. The highest BCUT2D eigenvalue weighted by molar-refractivity contribution is 5.90. The molecule has 1 aromatic rings. The number of aliphatic carboxylic acids is 1. The molecule has 0 radical (unpaired) electrons. The molecule has 0 amide bonds. The summed E-state index contributed by atoms with van der Waals surface area (Å²) in [5, 5.41) is 8.59. The molecule has 0 aromatic heterocycles. The molecule has 0 spiro atoms. The first kappa shape index (κ1) is 26.2. The van der Waals surface area contributed by atoms with Gasteiger partial charge in [0.25, 0.3) is 0 Å². The van der Waals surface area contributed by atoms with E-state index in [1.807, 2.05) is 24.3 Å². The number of esters is 1. The van der Waals surface area contributed by atoms with Gasteiger partial charge in [0, 0.05) is 6.42 Å². The number of benzene rings is 1. The molecule has 0 saturated carbocycles. The second kappa shape index (κ2) is 18.0. The fourth-order valence-corrected chi connectivity index (χ4v) is 3.94. The number of hydrogen-bond acceptors (Lipinski definition) is 3. The predicted octanol–water partition coefficient (Wildman–Crippen LogP) is 7.34. The molecule has 1 aromatic carbocycles. The maximum absolute atomic E-state index is 11.8. The van der Waals surface area contributed by atoms with Crippen LogP contribution in [0.4, 0.5) is 0 Å². The molecule has 0 saturated heterocycles. The highest BCUT2D eigenvalue weighted by atomic mass is 16.5. The van der Waals surface area contributed by atoms with E-state index in [9.17, 15) is 9.59 Å². The zero-order valence-corrected chi connectivity index (χ0v) is 19.0. The fourth-order valence-electron chi connectivity index (χ4n) is 3.94. The lowest BCUT2D eigenvalue weighted by atomic mass is 10.00. The van der Waals surface area contributed by atoms with E-state index in [1.165, 1.54) is 84.2 Å². The van der Waals surface area contributed by atoms with Gasteiger partial charge in [-0.1, -0.05) is 102 Å². The Balaban J connectivity index is 1.86. The zero-order valence-electron chi connectivity index (χ0n) is 19.0. The van der Waals surface area contributed by atoms with Gasteiger partial charge in [0.2, 0.25) is 0 Å². The summed E-state index contributed by atoms with van der Waals surface area (Å²) in [4.78, 5) is 22.2. The topological polar surface area (TPSA) is 63.6 Å². The Morgan fingerprint density at radius 3 is 1.60 bits per heavy atom. The Morgan fingerprint density at radius 1 is 0.700 bits per heavy atom. The number of carboxylic acids is 1. The van der Waals surface area contributed by atoms with Crippen LogP contribution in [0.25, 0.3) is 0 Å². The van der Waals surface area contributed by atoms with Gasteiger partial charge in [-0.3, -0.25) is 4.79 Å². The average Bonchev–Trinajstić information content (AvgIpc) is 2.75. The lowest BCUT2D eigenvalue weighted by Crippen LogP contribution is -2.05. The molecule has 1 N–H and O–H groups in total. The van der Waals surface area contributed by atoms with Crippen molar-refractivity contribution in [3.63, 3.8) is 0 Å². The monoisotopic (exact) mass is 418 g/mol. The molecule has 170 valence electrons. The molecular formula is C26H42O4. The summed E-state index contributed by atoms with van der Waals surface area (Å²) in [6.45, 7) is 0. The van der Waals surface area contributed by atoms with E-state index in [0.717, 1.165) is 31.2 Å². The lowest BCUT2D eigenvalue weighted by molar-refractivity contribution is -0.137. The molecular weight excluding hydrogens is 376 g/mol. The Hall–Kier alpha value is -1.84. The quantitative estimate of drug-likeness (QED) is 0.188. The fraction of sp³-hybridized carbons (Fsp3) is 0.692. The van der Waals surface area contributed by atoms with Gasteiger partial charge in [0.05, 0.1) is 12.7 Å². The Bertz CT molecular complexity index is 582. The highest BCUT2D eigenvalue weighted by Gasteiger charge is 2.10. The number of carbonyl (C=O) groups excluding carboxylic acids is 1. The Morgan fingerprint density at radius 2 is 1.13 bits per heavy atom. The summed E-state index contributed by atoms with van der Waals surface area (Å²) in [5.41, 5.74) is 1.81. The highest BCUT2D eigenvalue weighted by Crippen LogP contribution is 2.16. The van der Waals surface area contributed by atoms with E-state index >= 15 is 0 Å². The number of carbonyl (C=O) groups is 2. The molecule has 0 aliphatic carbocycles. The number of unbranched alkanes of at least 4 members (excludes halogenated alkanes) is 14. The van der Waals surface area contributed by atoms with Gasteiger partial charge in [-0.25, -0.2) is 4.79 Å². The summed E-state index contributed by atoms with van der Waals surface area (Å²) in [6.07, 6.45) is 19.9. The molecule has 0 unspecified atom stereocenters. The Kier molecular flexibility index (Phi) is 15.7. The van der Waals surface area contributed by atoms with Crippen molar-refractivity contribution in [2.75, 3.05) is 7.11 Å². The Labute approximate surface area is 183 Å². The molecule has 30 heavy (non-hydrogen) atoms. The van der Waals surface area contributed by atoms with E-state index in [4.69, 9.17) is 9.84 Å². The second-order valence-corrected chi connectivity index (χ2v) is 8.35. The average molecular weight is 419 g/mol. The van der Waals surface area contributed by atoms with Gasteiger partial charge in [-0.15, -0.1) is 0 Å². The minimum absolute atomic E-state index is 0.235. The third-order valence-corrected chi connectivity index (χ3v) is 5.76. The predicted molar refractivity (Wildman–Crippen MR) is 123 cm³/mol. The van der Waals surface area contributed by atoms with Gasteiger partial charge < -0.3 is 9.84 Å². The van der Waals surface area contributed by atoms with Crippen LogP contribution in [-0.2, 0) is 16.0 Å². The van der Waals surface area contributed by atoms with Crippen molar-refractivity contribution < 1.29 is 19.4 Å². The summed E-state index contributed by atoms with van der Waals surface area (Å²) in [6, 6.07) is 7.76. The number of hydrogen-bond donors (Lipinski definition) is 1. The molecule has 1 rings (SSSR count). The van der Waals surface area contributed by atoms with Crippen molar-refractivity contribution in [2.45, 2.75) is 109 Å². The number of aryl methyl sites for hydroxylation is 1. The van der Waals surface area contributed by atoms with E-state index in [-0.39, 0.29) is 5.97 Å². The van der Waals surface area contributed by atoms with Gasteiger partial charge in [0.1, 0.15) is 0 Å². The SMILES string of the molecule is COC(=O)c1ccccc1CCCCCCCCCCCCCCCCCC(=O)O. The lowest BCUT2D eigenvalue weighted by Gasteiger charge is -2.07. The van der Waals surface area contributed by atoms with E-state index in [1.54, 1.807) is 0 Å². The van der Waals surface area contributed by atoms with E-state index < -0.39 is 5.97 Å². The summed E-state index contributed by atoms with van der Waals surface area (Å²) in [5.74, 6) is -0.905. The van der Waals surface area contributed by atoms with Crippen LogP contribution in [0.5, 0.6) is 0 Å². The van der Waals surface area contributed by atoms with Crippen LogP contribution < -0.4 is 0 Å². The standard InChI is InChI=1S/C26H42O4/c1-30-26(29)24-21-18-17-20-23(24)19-15-13-11-9-7-5-3-2-4-6-8-10-12-14-16-22-25(27)28/h17-18,20-21H,2-16,19,22H2,1H3,(H,27,28). The number of carboxylic acid groups (broad SMARTS) is 1. The summed E-state index contributed by atoms with van der Waals surface area (Å²) < 4.78 is 4.86.